The van der Waals surface area contributed by atoms with Crippen molar-refractivity contribution in [3.8, 4) is 11.1 Å². The number of anilines is 1. The van der Waals surface area contributed by atoms with Crippen LogP contribution in [-0.2, 0) is 24.3 Å². The zero-order chi connectivity index (χ0) is 18.6. The van der Waals surface area contributed by atoms with E-state index in [1.165, 1.54) is 11.1 Å². The zero-order valence-corrected chi connectivity index (χ0v) is 16.2. The predicted molar refractivity (Wildman–Crippen MR) is 112 cm³/mol. The number of pyridine rings is 1. The van der Waals surface area contributed by atoms with E-state index in [-0.39, 0.29) is 6.04 Å². The number of nitrogens with one attached hydrogen (secondary N) is 1. The maximum absolute atomic E-state index is 12.5. The number of nitrogens with zero attached hydrogens (tertiary/aromatic N) is 2. The largest absolute Gasteiger partial charge is 0.598 e. The van der Waals surface area contributed by atoms with Gasteiger partial charge in [-0.1, -0.05) is 36.4 Å². The Morgan fingerprint density at radius 1 is 1.07 bits per heavy atom. The Morgan fingerprint density at radius 2 is 1.85 bits per heavy atom. The van der Waals surface area contributed by atoms with Gasteiger partial charge in [-0.25, -0.2) is 0 Å². The molecule has 1 aliphatic heterocycles. The number of hydrogen-bond donors (Lipinski definition) is 1. The molecule has 0 saturated carbocycles. The molecule has 0 saturated heterocycles. The minimum atomic E-state index is -1.04. The normalized spacial score (nSPS) is 18.2. The third-order valence-corrected chi connectivity index (χ3v) is 6.11. The molecule has 27 heavy (non-hydrogen) atoms. The van der Waals surface area contributed by atoms with E-state index >= 15 is 0 Å². The standard InChI is InChI=1S/C22H23N3OS/c1-27(26)25-16-20-14-19(18-9-11-23-12-10-18)7-8-22(20)24-15-21(25)13-17-5-3-2-4-6-17/h2-12,14,21,24H,13,15-16H2,1H3/t21-,27?/m1/s1. The second-order valence-electron chi connectivity index (χ2n) is 6.83. The fourth-order valence-corrected chi connectivity index (χ4v) is 4.50. The van der Waals surface area contributed by atoms with E-state index in [0.717, 1.165) is 29.8 Å². The highest BCUT2D eigenvalue weighted by Crippen LogP contribution is 2.30. The van der Waals surface area contributed by atoms with Crippen LogP contribution in [0.25, 0.3) is 11.1 Å². The Hall–Kier alpha value is -2.34. The van der Waals surface area contributed by atoms with Crippen molar-refractivity contribution in [3.63, 3.8) is 0 Å². The Labute approximate surface area is 163 Å². The van der Waals surface area contributed by atoms with Gasteiger partial charge >= 0.3 is 0 Å². The average molecular weight is 378 g/mol. The number of benzene rings is 2. The van der Waals surface area contributed by atoms with Crippen LogP contribution >= 0.6 is 0 Å². The van der Waals surface area contributed by atoms with Gasteiger partial charge in [0, 0.05) is 36.0 Å². The van der Waals surface area contributed by atoms with Crippen LogP contribution < -0.4 is 5.32 Å². The minimum absolute atomic E-state index is 0.176. The molecule has 1 aliphatic rings. The first-order valence-corrected chi connectivity index (χ1v) is 10.6. The molecule has 2 heterocycles. The molecule has 0 radical (unpaired) electrons. The van der Waals surface area contributed by atoms with Crippen molar-refractivity contribution in [1.82, 2.24) is 9.29 Å². The van der Waals surface area contributed by atoms with E-state index in [0.29, 0.717) is 6.54 Å². The second kappa shape index (κ2) is 8.13. The number of rotatable bonds is 4. The van der Waals surface area contributed by atoms with Gasteiger partial charge in [0.2, 0.25) is 0 Å². The lowest BCUT2D eigenvalue weighted by Crippen LogP contribution is -2.42. The van der Waals surface area contributed by atoms with Crippen molar-refractivity contribution in [1.29, 1.82) is 0 Å². The monoisotopic (exact) mass is 377 g/mol. The molecule has 2 aromatic carbocycles. The van der Waals surface area contributed by atoms with Gasteiger partial charge in [0.25, 0.3) is 0 Å². The van der Waals surface area contributed by atoms with Gasteiger partial charge in [0.1, 0.15) is 6.26 Å². The molecule has 0 amide bonds. The quantitative estimate of drug-likeness (QED) is 0.701. The summed E-state index contributed by atoms with van der Waals surface area (Å²) in [4.78, 5) is 4.10. The van der Waals surface area contributed by atoms with E-state index < -0.39 is 11.4 Å². The van der Waals surface area contributed by atoms with Crippen molar-refractivity contribution in [2.24, 2.45) is 0 Å². The molecule has 138 valence electrons. The smallest absolute Gasteiger partial charge is 0.115 e. The lowest BCUT2D eigenvalue weighted by molar-refractivity contribution is 0.328. The molecule has 4 nitrogen and oxygen atoms in total. The van der Waals surface area contributed by atoms with Gasteiger partial charge in [-0.3, -0.25) is 4.98 Å². The second-order valence-corrected chi connectivity index (χ2v) is 8.15. The van der Waals surface area contributed by atoms with Crippen molar-refractivity contribution in [2.75, 3.05) is 18.1 Å². The number of fused-ring (bicyclic) bond motifs is 1. The third-order valence-electron chi connectivity index (χ3n) is 5.02. The first-order chi connectivity index (χ1) is 13.2. The molecular formula is C22H23N3OS. The summed E-state index contributed by atoms with van der Waals surface area (Å²) in [6.45, 7) is 1.44. The van der Waals surface area contributed by atoms with E-state index in [1.807, 2.05) is 30.6 Å². The van der Waals surface area contributed by atoms with Gasteiger partial charge in [0.15, 0.2) is 0 Å². The molecule has 0 spiro atoms. The van der Waals surface area contributed by atoms with Gasteiger partial charge < -0.3 is 9.87 Å². The lowest BCUT2D eigenvalue weighted by atomic mass is 10.0. The van der Waals surface area contributed by atoms with E-state index in [1.54, 1.807) is 6.26 Å². The first kappa shape index (κ1) is 18.0. The number of hydrogen-bond acceptors (Lipinski definition) is 4. The molecule has 5 heteroatoms. The Bertz CT molecular complexity index is 887. The number of aromatic nitrogens is 1. The SMILES string of the molecule is C[S+]([O-])N1Cc2cc(-c3ccncc3)ccc2NC[C@H]1Cc1ccccc1. The van der Waals surface area contributed by atoms with Gasteiger partial charge in [0.05, 0.1) is 12.6 Å². The summed E-state index contributed by atoms with van der Waals surface area (Å²) in [5.74, 6) is 0. The highest BCUT2D eigenvalue weighted by molar-refractivity contribution is 7.88. The fourth-order valence-electron chi connectivity index (χ4n) is 3.61. The average Bonchev–Trinajstić information content (AvgIpc) is 2.89. The van der Waals surface area contributed by atoms with E-state index in [4.69, 9.17) is 0 Å². The first-order valence-electron chi connectivity index (χ1n) is 9.12. The Balaban J connectivity index is 1.62. The highest BCUT2D eigenvalue weighted by atomic mass is 32.2. The summed E-state index contributed by atoms with van der Waals surface area (Å²) in [5, 5.41) is 3.57. The summed E-state index contributed by atoms with van der Waals surface area (Å²) in [6, 6.07) is 21.1. The van der Waals surface area contributed by atoms with Crippen LogP contribution in [0.2, 0.25) is 0 Å². The van der Waals surface area contributed by atoms with Crippen LogP contribution in [0.3, 0.4) is 0 Å². The van der Waals surface area contributed by atoms with Crippen LogP contribution in [0.15, 0.2) is 73.1 Å². The van der Waals surface area contributed by atoms with Gasteiger partial charge in [-0.05, 0) is 52.9 Å². The molecule has 0 fully saturated rings. The molecule has 0 aliphatic carbocycles. The van der Waals surface area contributed by atoms with Crippen LogP contribution in [0.5, 0.6) is 0 Å². The molecule has 1 unspecified atom stereocenters. The van der Waals surface area contributed by atoms with Crippen LogP contribution in [-0.4, -0.2) is 32.7 Å². The Morgan fingerprint density at radius 3 is 2.59 bits per heavy atom. The van der Waals surface area contributed by atoms with E-state index in [9.17, 15) is 4.55 Å². The predicted octanol–water partition coefficient (Wildman–Crippen LogP) is 3.88. The summed E-state index contributed by atoms with van der Waals surface area (Å²) in [6.07, 6.45) is 6.26. The summed E-state index contributed by atoms with van der Waals surface area (Å²) >= 11 is -1.04. The highest BCUT2D eigenvalue weighted by Gasteiger charge is 2.30. The summed E-state index contributed by atoms with van der Waals surface area (Å²) in [5.41, 5.74) is 5.86. The summed E-state index contributed by atoms with van der Waals surface area (Å²) < 4.78 is 14.6. The lowest BCUT2D eigenvalue weighted by Gasteiger charge is -2.28. The van der Waals surface area contributed by atoms with Crippen LogP contribution in [0.1, 0.15) is 11.1 Å². The Kier molecular flexibility index (Phi) is 5.43. The van der Waals surface area contributed by atoms with Crippen molar-refractivity contribution in [2.45, 2.75) is 19.0 Å². The topological polar surface area (TPSA) is 51.2 Å². The molecule has 3 aromatic rings. The van der Waals surface area contributed by atoms with Crippen LogP contribution in [0.4, 0.5) is 5.69 Å². The molecule has 2 atom stereocenters. The molecule has 1 N–H and O–H groups in total. The van der Waals surface area contributed by atoms with Crippen LogP contribution in [0, 0.1) is 0 Å². The minimum Gasteiger partial charge on any atom is -0.598 e. The molecule has 4 rings (SSSR count). The van der Waals surface area contributed by atoms with Gasteiger partial charge in [-0.2, -0.15) is 0 Å². The fraction of sp³-hybridized carbons (Fsp3) is 0.227. The van der Waals surface area contributed by atoms with Crippen molar-refractivity contribution in [3.05, 3.63) is 84.2 Å². The maximum Gasteiger partial charge on any atom is 0.115 e. The molecule has 0 bridgehead atoms. The zero-order valence-electron chi connectivity index (χ0n) is 15.3. The maximum atomic E-state index is 12.5. The molecular weight excluding hydrogens is 354 g/mol. The van der Waals surface area contributed by atoms with Crippen molar-refractivity contribution < 1.29 is 4.55 Å². The molecule has 1 aromatic heterocycles. The van der Waals surface area contributed by atoms with Gasteiger partial charge in [-0.15, -0.1) is 4.31 Å². The van der Waals surface area contributed by atoms with E-state index in [2.05, 4.69) is 57.1 Å². The summed E-state index contributed by atoms with van der Waals surface area (Å²) in [7, 11) is 0. The van der Waals surface area contributed by atoms with Crippen molar-refractivity contribution >= 4 is 17.0 Å². The third kappa shape index (κ3) is 4.16.